The van der Waals surface area contributed by atoms with Crippen LogP contribution in [0.15, 0.2) is 46.4 Å². The molecule has 0 spiro atoms. The van der Waals surface area contributed by atoms with E-state index in [4.69, 9.17) is 5.73 Å². The Kier molecular flexibility index (Phi) is 8.10. The van der Waals surface area contributed by atoms with Crippen molar-refractivity contribution in [2.75, 3.05) is 25.0 Å². The Morgan fingerprint density at radius 1 is 1.21 bits per heavy atom. The molecule has 0 bridgehead atoms. The molecule has 2 aliphatic rings. The number of halogens is 3. The molecule has 2 aromatic rings. The van der Waals surface area contributed by atoms with Gasteiger partial charge in [-0.15, -0.1) is 0 Å². The largest absolute Gasteiger partial charge is 0.403 e. The molecule has 1 fully saturated rings. The number of nitrogens with zero attached hydrogens (tertiary/aromatic N) is 3. The quantitative estimate of drug-likeness (QED) is 0.371. The molecule has 4 N–H and O–H groups in total. The zero-order chi connectivity index (χ0) is 27.6. The number of nitrogens with two attached hydrogens (primary N) is 1. The van der Waals surface area contributed by atoms with Gasteiger partial charge in [-0.2, -0.15) is 18.2 Å². The number of carbonyl (C=O) groups is 1. The molecule has 10 heteroatoms. The van der Waals surface area contributed by atoms with Crippen LogP contribution >= 0.6 is 0 Å². The lowest BCUT2D eigenvalue weighted by atomic mass is 9.88. The number of alkyl halides is 3. The van der Waals surface area contributed by atoms with E-state index in [1.165, 1.54) is 11.8 Å². The minimum absolute atomic E-state index is 0.0717. The molecule has 2 aromatic carbocycles. The van der Waals surface area contributed by atoms with Crippen LogP contribution in [-0.4, -0.2) is 54.5 Å². The first-order chi connectivity index (χ1) is 18.0. The summed E-state index contributed by atoms with van der Waals surface area (Å²) in [6.45, 7) is 8.34. The van der Waals surface area contributed by atoms with Crippen LogP contribution in [0.1, 0.15) is 78.2 Å². The highest BCUT2D eigenvalue weighted by Crippen LogP contribution is 2.33. The molecular formula is C28H35F3N6O. The summed E-state index contributed by atoms with van der Waals surface area (Å²) in [6, 6.07) is 10.1. The molecule has 204 valence electrons. The molecule has 38 heavy (non-hydrogen) atoms. The first-order valence-electron chi connectivity index (χ1n) is 13.0. The number of guanidine groups is 1. The third-order valence-corrected chi connectivity index (χ3v) is 7.46. The second-order valence-corrected chi connectivity index (χ2v) is 10.0. The van der Waals surface area contributed by atoms with Gasteiger partial charge in [-0.05, 0) is 88.4 Å². The standard InChI is InChI=1S/C28H35F3N6O/c1-5-33-27(35-24-15-22-17(3)34-26(38)23(22)14-16(24)2)36-25(32)21-8-6-19(7-9-21)20-10-12-37(13-11-20)18(4)28(29,30)31/h6-9,14-15,17-18,20H,5,10-13H2,1-4H3,(H,34,38)(H3,32,33,35,36). The van der Waals surface area contributed by atoms with Gasteiger partial charge in [0.05, 0.1) is 6.04 Å². The Bertz CT molecular complexity index is 1230. The molecular weight excluding hydrogens is 493 g/mol. The summed E-state index contributed by atoms with van der Waals surface area (Å²) in [5, 5.41) is 6.18. The predicted octanol–water partition coefficient (Wildman–Crippen LogP) is 5.12. The average molecular weight is 529 g/mol. The van der Waals surface area contributed by atoms with Crippen LogP contribution < -0.4 is 16.4 Å². The number of amidine groups is 1. The molecule has 2 unspecified atom stereocenters. The van der Waals surface area contributed by atoms with Crippen molar-refractivity contribution < 1.29 is 18.0 Å². The van der Waals surface area contributed by atoms with Gasteiger partial charge in [0.1, 0.15) is 11.9 Å². The highest BCUT2D eigenvalue weighted by Gasteiger charge is 2.41. The van der Waals surface area contributed by atoms with Crippen molar-refractivity contribution >= 4 is 23.4 Å². The highest BCUT2D eigenvalue weighted by atomic mass is 19.4. The van der Waals surface area contributed by atoms with Crippen molar-refractivity contribution in [3.8, 4) is 0 Å². The van der Waals surface area contributed by atoms with Crippen molar-refractivity contribution in [2.45, 2.75) is 64.7 Å². The molecule has 0 aliphatic carbocycles. The number of aryl methyl sites for hydroxylation is 1. The number of aliphatic imine (C=N–C) groups is 2. The summed E-state index contributed by atoms with van der Waals surface area (Å²) < 4.78 is 39.1. The third-order valence-electron chi connectivity index (χ3n) is 7.46. The van der Waals surface area contributed by atoms with Crippen LogP contribution in [0.2, 0.25) is 0 Å². The topological polar surface area (TPSA) is 95.1 Å². The van der Waals surface area contributed by atoms with E-state index in [2.05, 4.69) is 20.6 Å². The first kappa shape index (κ1) is 27.6. The SMILES string of the molecule is CCN=C(/N=C(\N)c1ccc(C2CCN(C(C)C(F)(F)F)CC2)cc1)Nc1cc2c(cc1C)C(=O)NC2C. The van der Waals surface area contributed by atoms with Crippen molar-refractivity contribution in [1.29, 1.82) is 0 Å². The van der Waals surface area contributed by atoms with Crippen LogP contribution in [0, 0.1) is 6.92 Å². The minimum Gasteiger partial charge on any atom is -0.383 e. The molecule has 0 radical (unpaired) electrons. The van der Waals surface area contributed by atoms with E-state index in [1.807, 2.05) is 57.2 Å². The van der Waals surface area contributed by atoms with Gasteiger partial charge in [-0.3, -0.25) is 14.7 Å². The predicted molar refractivity (Wildman–Crippen MR) is 145 cm³/mol. The first-order valence-corrected chi connectivity index (χ1v) is 13.0. The van der Waals surface area contributed by atoms with Gasteiger partial charge in [-0.1, -0.05) is 24.3 Å². The number of piperidine rings is 1. The van der Waals surface area contributed by atoms with Crippen molar-refractivity contribution in [2.24, 2.45) is 15.7 Å². The van der Waals surface area contributed by atoms with E-state index < -0.39 is 12.2 Å². The lowest BCUT2D eigenvalue weighted by Gasteiger charge is -2.36. The molecule has 0 saturated carbocycles. The third kappa shape index (κ3) is 6.01. The van der Waals surface area contributed by atoms with Gasteiger partial charge < -0.3 is 16.4 Å². The van der Waals surface area contributed by atoms with Gasteiger partial charge in [0.25, 0.3) is 5.91 Å². The maximum absolute atomic E-state index is 13.0. The van der Waals surface area contributed by atoms with Gasteiger partial charge in [0.2, 0.25) is 5.96 Å². The van der Waals surface area contributed by atoms with E-state index >= 15 is 0 Å². The van der Waals surface area contributed by atoms with E-state index in [-0.39, 0.29) is 17.9 Å². The van der Waals surface area contributed by atoms with E-state index in [1.54, 1.807) is 0 Å². The monoisotopic (exact) mass is 528 g/mol. The molecule has 0 aromatic heterocycles. The number of carbonyl (C=O) groups excluding carboxylic acids is 1. The minimum atomic E-state index is -4.20. The van der Waals surface area contributed by atoms with Crippen molar-refractivity contribution in [1.82, 2.24) is 10.2 Å². The van der Waals surface area contributed by atoms with Crippen molar-refractivity contribution in [3.05, 3.63) is 64.2 Å². The molecule has 7 nitrogen and oxygen atoms in total. The molecule has 2 atom stereocenters. The number of hydrogen-bond acceptors (Lipinski definition) is 3. The fourth-order valence-electron chi connectivity index (χ4n) is 5.07. The summed E-state index contributed by atoms with van der Waals surface area (Å²) in [7, 11) is 0. The van der Waals surface area contributed by atoms with E-state index in [9.17, 15) is 18.0 Å². The smallest absolute Gasteiger partial charge is 0.383 e. The summed E-state index contributed by atoms with van der Waals surface area (Å²) in [5.41, 5.74) is 11.5. The summed E-state index contributed by atoms with van der Waals surface area (Å²) in [4.78, 5) is 22.6. The zero-order valence-corrected chi connectivity index (χ0v) is 22.2. The average Bonchev–Trinajstić information content (AvgIpc) is 3.15. The van der Waals surface area contributed by atoms with Gasteiger partial charge in [0, 0.05) is 23.4 Å². The van der Waals surface area contributed by atoms with Crippen LogP contribution in [-0.2, 0) is 0 Å². The second-order valence-electron chi connectivity index (χ2n) is 10.0. The van der Waals surface area contributed by atoms with Crippen LogP contribution in [0.3, 0.4) is 0 Å². The van der Waals surface area contributed by atoms with E-state index in [0.717, 1.165) is 27.9 Å². The Labute approximate surface area is 221 Å². The van der Waals surface area contributed by atoms with Gasteiger partial charge in [0.15, 0.2) is 0 Å². The molecule has 2 heterocycles. The Morgan fingerprint density at radius 3 is 2.47 bits per heavy atom. The lowest BCUT2D eigenvalue weighted by Crippen LogP contribution is -2.47. The number of benzene rings is 2. The number of fused-ring (bicyclic) bond motifs is 1. The molecule has 4 rings (SSSR count). The van der Waals surface area contributed by atoms with Gasteiger partial charge in [-0.25, -0.2) is 0 Å². The summed E-state index contributed by atoms with van der Waals surface area (Å²) >= 11 is 0. The normalized spacial score (nSPS) is 20.3. The van der Waals surface area contributed by atoms with Crippen LogP contribution in [0.25, 0.3) is 0 Å². The molecule has 2 aliphatic heterocycles. The maximum atomic E-state index is 13.0. The van der Waals surface area contributed by atoms with Crippen molar-refractivity contribution in [3.63, 3.8) is 0 Å². The fourth-order valence-corrected chi connectivity index (χ4v) is 5.07. The molecule has 1 amide bonds. The maximum Gasteiger partial charge on any atom is 0.403 e. The Hall–Kier alpha value is -3.40. The number of likely N-dealkylation sites (tertiary alicyclic amines) is 1. The van der Waals surface area contributed by atoms with E-state index in [0.29, 0.717) is 49.8 Å². The molecule has 1 saturated heterocycles. The number of hydrogen-bond donors (Lipinski definition) is 3. The summed E-state index contributed by atoms with van der Waals surface area (Å²) in [6.07, 6.45) is -2.84. The van der Waals surface area contributed by atoms with Crippen LogP contribution in [0.5, 0.6) is 0 Å². The number of amides is 1. The number of rotatable bonds is 5. The Morgan fingerprint density at radius 2 is 1.87 bits per heavy atom. The number of nitrogens with one attached hydrogen (secondary N) is 2. The van der Waals surface area contributed by atoms with Crippen LogP contribution in [0.4, 0.5) is 18.9 Å². The zero-order valence-electron chi connectivity index (χ0n) is 22.2. The van der Waals surface area contributed by atoms with Gasteiger partial charge >= 0.3 is 6.18 Å². The Balaban J connectivity index is 1.44. The lowest BCUT2D eigenvalue weighted by molar-refractivity contribution is -0.181. The summed E-state index contributed by atoms with van der Waals surface area (Å²) in [5.74, 6) is 0.809. The highest BCUT2D eigenvalue weighted by molar-refractivity contribution is 6.09. The fraction of sp³-hybridized carbons (Fsp3) is 0.464. The number of anilines is 1. The second kappa shape index (κ2) is 11.1.